The van der Waals surface area contributed by atoms with Crippen LogP contribution in [0.1, 0.15) is 49.7 Å². The first-order valence-corrected chi connectivity index (χ1v) is 8.10. The van der Waals surface area contributed by atoms with Crippen LogP contribution in [0.15, 0.2) is 24.3 Å². The van der Waals surface area contributed by atoms with Gasteiger partial charge in [0.2, 0.25) is 0 Å². The van der Waals surface area contributed by atoms with Gasteiger partial charge in [0.05, 0.1) is 0 Å². The number of hydrogen-bond acceptors (Lipinski definition) is 1. The van der Waals surface area contributed by atoms with Gasteiger partial charge in [0.1, 0.15) is 0 Å². The first kappa shape index (κ1) is 12.0. The molecule has 4 rings (SSSR count). The van der Waals surface area contributed by atoms with Crippen molar-refractivity contribution in [3.63, 3.8) is 0 Å². The third-order valence-electron chi connectivity index (χ3n) is 6.13. The maximum atomic E-state index is 2.86. The average Bonchev–Trinajstić information content (AvgIpc) is 2.94. The van der Waals surface area contributed by atoms with Gasteiger partial charge in [-0.25, -0.2) is 0 Å². The largest absolute Gasteiger partial charge is 0.297 e. The number of rotatable bonds is 2. The van der Waals surface area contributed by atoms with E-state index in [1.807, 2.05) is 0 Å². The zero-order chi connectivity index (χ0) is 13.0. The summed E-state index contributed by atoms with van der Waals surface area (Å²) in [6.07, 6.45) is 5.72. The monoisotopic (exact) mass is 255 g/mol. The molecule has 3 aliphatic rings. The van der Waals surface area contributed by atoms with Gasteiger partial charge in [0.15, 0.2) is 0 Å². The normalized spacial score (nSPS) is 43.7. The highest BCUT2D eigenvalue weighted by Crippen LogP contribution is 2.54. The van der Waals surface area contributed by atoms with Crippen molar-refractivity contribution in [1.29, 1.82) is 0 Å². The predicted molar refractivity (Wildman–Crippen MR) is 79.3 cm³/mol. The molecule has 1 heteroatoms. The highest BCUT2D eigenvalue weighted by Gasteiger charge is 2.54. The zero-order valence-corrected chi connectivity index (χ0v) is 12.2. The second kappa shape index (κ2) is 4.34. The van der Waals surface area contributed by atoms with Crippen molar-refractivity contribution < 1.29 is 0 Å². The van der Waals surface area contributed by atoms with Gasteiger partial charge in [-0.1, -0.05) is 43.2 Å². The maximum absolute atomic E-state index is 2.86. The van der Waals surface area contributed by atoms with Crippen LogP contribution in [0.25, 0.3) is 0 Å². The summed E-state index contributed by atoms with van der Waals surface area (Å²) in [7, 11) is 0. The summed E-state index contributed by atoms with van der Waals surface area (Å²) < 4.78 is 0. The van der Waals surface area contributed by atoms with Crippen molar-refractivity contribution in [1.82, 2.24) is 4.90 Å². The minimum Gasteiger partial charge on any atom is -0.297 e. The highest BCUT2D eigenvalue weighted by molar-refractivity contribution is 5.28. The van der Waals surface area contributed by atoms with Crippen molar-refractivity contribution in [3.05, 3.63) is 35.4 Å². The van der Waals surface area contributed by atoms with Gasteiger partial charge < -0.3 is 0 Å². The maximum Gasteiger partial charge on any atom is 0.0161 e. The number of piperidine rings is 2. The van der Waals surface area contributed by atoms with Gasteiger partial charge in [-0.2, -0.15) is 0 Å². The van der Waals surface area contributed by atoms with Crippen LogP contribution in [-0.4, -0.2) is 23.5 Å². The van der Waals surface area contributed by atoms with E-state index in [0.29, 0.717) is 0 Å². The van der Waals surface area contributed by atoms with E-state index in [0.717, 1.165) is 29.8 Å². The average molecular weight is 255 g/mol. The minimum atomic E-state index is 0.819. The molecule has 6 atom stereocenters. The lowest BCUT2D eigenvalue weighted by atomic mass is 9.74. The van der Waals surface area contributed by atoms with Crippen LogP contribution in [-0.2, 0) is 0 Å². The fourth-order valence-corrected chi connectivity index (χ4v) is 5.33. The van der Waals surface area contributed by atoms with Crippen molar-refractivity contribution in [2.24, 2.45) is 11.8 Å². The van der Waals surface area contributed by atoms with Gasteiger partial charge in [0.25, 0.3) is 0 Å². The lowest BCUT2D eigenvalue weighted by molar-refractivity contribution is 0.0925. The van der Waals surface area contributed by atoms with Gasteiger partial charge in [0, 0.05) is 12.1 Å². The van der Waals surface area contributed by atoms with Gasteiger partial charge in [-0.3, -0.25) is 4.90 Å². The number of hydrogen-bond donors (Lipinski definition) is 0. The molecule has 1 aromatic rings. The molecule has 19 heavy (non-hydrogen) atoms. The summed E-state index contributed by atoms with van der Waals surface area (Å²) >= 11 is 0. The number of benzene rings is 1. The smallest absolute Gasteiger partial charge is 0.0161 e. The molecule has 3 aliphatic heterocycles. The van der Waals surface area contributed by atoms with E-state index in [-0.39, 0.29) is 0 Å². The van der Waals surface area contributed by atoms with Crippen molar-refractivity contribution >= 4 is 0 Å². The molecule has 3 saturated heterocycles. The third-order valence-corrected chi connectivity index (χ3v) is 6.13. The molecule has 4 bridgehead atoms. The van der Waals surface area contributed by atoms with E-state index in [1.165, 1.54) is 37.8 Å². The molecule has 0 saturated carbocycles. The Morgan fingerprint density at radius 1 is 1.16 bits per heavy atom. The Morgan fingerprint density at radius 3 is 2.68 bits per heavy atom. The Morgan fingerprint density at radius 2 is 1.95 bits per heavy atom. The summed E-state index contributed by atoms with van der Waals surface area (Å²) in [6.45, 7) is 5.99. The lowest BCUT2D eigenvalue weighted by Crippen LogP contribution is -2.46. The molecule has 3 fully saturated rings. The van der Waals surface area contributed by atoms with E-state index in [2.05, 4.69) is 43.0 Å². The Balaban J connectivity index is 1.67. The molecule has 1 unspecified atom stereocenters. The summed E-state index contributed by atoms with van der Waals surface area (Å²) in [4.78, 5) is 2.86. The summed E-state index contributed by atoms with van der Waals surface area (Å²) in [6, 6.07) is 11.2. The van der Waals surface area contributed by atoms with Crippen LogP contribution >= 0.6 is 0 Å². The van der Waals surface area contributed by atoms with Crippen LogP contribution in [0.2, 0.25) is 0 Å². The number of nitrogens with zero attached hydrogens (tertiary/aromatic N) is 1. The van der Waals surface area contributed by atoms with E-state index in [9.17, 15) is 0 Å². The summed E-state index contributed by atoms with van der Waals surface area (Å²) in [5.41, 5.74) is 2.99. The molecule has 1 aromatic carbocycles. The molecular formula is C18H25N. The van der Waals surface area contributed by atoms with Crippen LogP contribution in [0.3, 0.4) is 0 Å². The topological polar surface area (TPSA) is 3.24 Å². The van der Waals surface area contributed by atoms with Gasteiger partial charge >= 0.3 is 0 Å². The molecule has 0 radical (unpaired) electrons. The highest BCUT2D eigenvalue weighted by atomic mass is 15.3. The standard InChI is InChI=1S/C18H25N/c1-3-16-17(13-6-4-12(2)5-7-13)11-15-10-14-8-9-19(15)18(14)16/h4-7,14-18H,3,8-11H2,1-2H3/t14-,15+,16+,17+,18-/m1/s1. The van der Waals surface area contributed by atoms with E-state index < -0.39 is 0 Å². The Bertz CT molecular complexity index is 463. The first-order chi connectivity index (χ1) is 9.28. The second-order valence-electron chi connectivity index (χ2n) is 6.99. The molecule has 0 aliphatic carbocycles. The Hall–Kier alpha value is -0.820. The second-order valence-corrected chi connectivity index (χ2v) is 6.99. The third kappa shape index (κ3) is 1.71. The Labute approximate surface area is 117 Å². The number of aryl methyl sites for hydroxylation is 1. The minimum absolute atomic E-state index is 0.819. The first-order valence-electron chi connectivity index (χ1n) is 8.10. The van der Waals surface area contributed by atoms with Gasteiger partial charge in [-0.05, 0) is 56.0 Å². The fourth-order valence-electron chi connectivity index (χ4n) is 5.33. The lowest BCUT2D eigenvalue weighted by Gasteiger charge is -2.43. The molecule has 0 N–H and O–H groups in total. The SMILES string of the molecule is CC[C@@H]1[C@H]2[C@@H]3CCN2[C@@H](C3)C[C@H]1c1ccc(C)cc1. The van der Waals surface area contributed by atoms with Crippen molar-refractivity contribution in [2.75, 3.05) is 6.54 Å². The van der Waals surface area contributed by atoms with Gasteiger partial charge in [-0.15, -0.1) is 0 Å². The molecule has 102 valence electrons. The predicted octanol–water partition coefficient (Wildman–Crippen LogP) is 3.97. The quantitative estimate of drug-likeness (QED) is 0.773. The molecule has 0 amide bonds. The van der Waals surface area contributed by atoms with E-state index >= 15 is 0 Å². The van der Waals surface area contributed by atoms with Crippen LogP contribution in [0, 0.1) is 18.8 Å². The molecule has 3 heterocycles. The van der Waals surface area contributed by atoms with Crippen molar-refractivity contribution in [2.45, 2.75) is 57.5 Å². The molecule has 0 aromatic heterocycles. The van der Waals surface area contributed by atoms with Crippen LogP contribution < -0.4 is 0 Å². The van der Waals surface area contributed by atoms with Crippen molar-refractivity contribution in [3.8, 4) is 0 Å². The van der Waals surface area contributed by atoms with Crippen LogP contribution in [0.4, 0.5) is 0 Å². The molecular weight excluding hydrogens is 230 g/mol. The van der Waals surface area contributed by atoms with Crippen LogP contribution in [0.5, 0.6) is 0 Å². The van der Waals surface area contributed by atoms with E-state index in [1.54, 1.807) is 5.56 Å². The zero-order valence-electron chi connectivity index (χ0n) is 12.2. The molecule has 0 spiro atoms. The molecule has 1 nitrogen and oxygen atoms in total. The summed E-state index contributed by atoms with van der Waals surface area (Å²) in [5, 5.41) is 0. The summed E-state index contributed by atoms with van der Waals surface area (Å²) in [5.74, 6) is 2.74. The fraction of sp³-hybridized carbons (Fsp3) is 0.667. The van der Waals surface area contributed by atoms with E-state index in [4.69, 9.17) is 0 Å². The Kier molecular flexibility index (Phi) is 2.73.